The third-order valence-corrected chi connectivity index (χ3v) is 9.22. The third-order valence-electron chi connectivity index (χ3n) is 6.25. The monoisotopic (exact) mass is 500 g/mol. The lowest BCUT2D eigenvalue weighted by molar-refractivity contribution is -0.118. The van der Waals surface area contributed by atoms with Gasteiger partial charge in [0.15, 0.2) is 0 Å². The lowest BCUT2D eigenvalue weighted by Gasteiger charge is -2.32. The zero-order valence-electron chi connectivity index (χ0n) is 21.5. The number of thioether (sulfide) groups is 2. The number of phenols is 1. The second-order valence-corrected chi connectivity index (χ2v) is 13.8. The van der Waals surface area contributed by atoms with Crippen molar-refractivity contribution in [2.24, 2.45) is 0 Å². The van der Waals surface area contributed by atoms with E-state index in [2.05, 4.69) is 64.0 Å². The topological polar surface area (TPSA) is 62.2 Å². The van der Waals surface area contributed by atoms with E-state index in [4.69, 9.17) is 0 Å². The van der Waals surface area contributed by atoms with Crippen molar-refractivity contribution in [1.82, 2.24) is 10.3 Å². The fourth-order valence-electron chi connectivity index (χ4n) is 4.31. The third kappa shape index (κ3) is 7.42. The van der Waals surface area contributed by atoms with Crippen LogP contribution in [-0.2, 0) is 22.2 Å². The van der Waals surface area contributed by atoms with Gasteiger partial charge < -0.3 is 10.4 Å². The van der Waals surface area contributed by atoms with Crippen molar-refractivity contribution >= 4 is 29.4 Å². The van der Waals surface area contributed by atoms with Gasteiger partial charge in [-0.3, -0.25) is 9.78 Å². The highest BCUT2D eigenvalue weighted by atomic mass is 32.2. The lowest BCUT2D eigenvalue weighted by Crippen LogP contribution is -2.29. The van der Waals surface area contributed by atoms with Crippen molar-refractivity contribution in [1.29, 1.82) is 0 Å². The summed E-state index contributed by atoms with van der Waals surface area (Å²) in [6.07, 6.45) is 6.51. The minimum absolute atomic E-state index is 0.0691. The van der Waals surface area contributed by atoms with Crippen LogP contribution in [0.3, 0.4) is 0 Å². The summed E-state index contributed by atoms with van der Waals surface area (Å²) in [5, 5.41) is 15.0. The van der Waals surface area contributed by atoms with Crippen LogP contribution in [0.4, 0.5) is 0 Å². The number of amides is 1. The van der Waals surface area contributed by atoms with Crippen molar-refractivity contribution in [2.45, 2.75) is 100.0 Å². The van der Waals surface area contributed by atoms with Crippen LogP contribution in [0, 0.1) is 0 Å². The Balaban J connectivity index is 1.69. The quantitative estimate of drug-likeness (QED) is 0.436. The van der Waals surface area contributed by atoms with E-state index in [1.165, 1.54) is 17.7 Å². The molecule has 1 saturated carbocycles. The van der Waals surface area contributed by atoms with Crippen LogP contribution in [0.1, 0.15) is 84.0 Å². The molecule has 1 amide bonds. The van der Waals surface area contributed by atoms with Gasteiger partial charge in [0.2, 0.25) is 5.91 Å². The first-order valence-electron chi connectivity index (χ1n) is 12.3. The molecule has 1 aliphatic rings. The predicted octanol–water partition coefficient (Wildman–Crippen LogP) is 6.84. The van der Waals surface area contributed by atoms with Crippen molar-refractivity contribution in [3.05, 3.63) is 53.3 Å². The molecule has 1 heterocycles. The number of nitrogens with one attached hydrogen (secondary N) is 1. The van der Waals surface area contributed by atoms with Gasteiger partial charge in [-0.15, -0.1) is 23.5 Å². The molecule has 0 bridgehead atoms. The Morgan fingerprint density at radius 3 is 2.21 bits per heavy atom. The molecule has 1 aliphatic carbocycles. The van der Waals surface area contributed by atoms with Crippen LogP contribution in [0.25, 0.3) is 0 Å². The Morgan fingerprint density at radius 1 is 1.03 bits per heavy atom. The Hall–Kier alpha value is -1.66. The second kappa shape index (κ2) is 11.4. The standard InChI is InChI=1S/C28H40N2O2S2/c1-27(2,3)21-15-20(16-22(26(21)32)28(4,5)6)34-24-13-8-7-12-23(24)33-18-25(31)30-17-19-11-9-10-14-29-19/h9-11,14-16,23-24,32H,7-8,12-13,17-18H2,1-6H3,(H,30,31). The molecule has 0 aliphatic heterocycles. The average molecular weight is 501 g/mol. The summed E-state index contributed by atoms with van der Waals surface area (Å²) in [5.74, 6) is 0.980. The maximum Gasteiger partial charge on any atom is 0.230 e. The van der Waals surface area contributed by atoms with Crippen LogP contribution in [0.5, 0.6) is 5.75 Å². The van der Waals surface area contributed by atoms with Crippen LogP contribution in [0.15, 0.2) is 41.4 Å². The summed E-state index contributed by atoms with van der Waals surface area (Å²) >= 11 is 3.72. The van der Waals surface area contributed by atoms with Crippen molar-refractivity contribution in [2.75, 3.05) is 5.75 Å². The molecule has 6 heteroatoms. The zero-order valence-corrected chi connectivity index (χ0v) is 23.1. The van der Waals surface area contributed by atoms with E-state index in [0.717, 1.165) is 29.7 Å². The molecule has 0 radical (unpaired) electrons. The van der Waals surface area contributed by atoms with Gasteiger partial charge in [0.25, 0.3) is 0 Å². The number of aromatic hydroxyl groups is 1. The highest BCUT2D eigenvalue weighted by Gasteiger charge is 2.30. The molecule has 34 heavy (non-hydrogen) atoms. The SMILES string of the molecule is CC(C)(C)c1cc(SC2CCCCC2SCC(=O)NCc2ccccn2)cc(C(C)(C)C)c1O. The molecule has 1 aromatic carbocycles. The van der Waals surface area contributed by atoms with Crippen LogP contribution in [-0.4, -0.2) is 32.3 Å². The van der Waals surface area contributed by atoms with Gasteiger partial charge in [0, 0.05) is 32.7 Å². The van der Waals surface area contributed by atoms with Crippen molar-refractivity contribution in [3.8, 4) is 5.75 Å². The minimum atomic E-state index is -0.132. The fourth-order valence-corrected chi connectivity index (χ4v) is 7.16. The minimum Gasteiger partial charge on any atom is -0.507 e. The summed E-state index contributed by atoms with van der Waals surface area (Å²) in [4.78, 5) is 18.0. The lowest BCUT2D eigenvalue weighted by atomic mass is 9.79. The molecule has 186 valence electrons. The first-order valence-corrected chi connectivity index (χ1v) is 14.2. The van der Waals surface area contributed by atoms with Crippen LogP contribution < -0.4 is 5.32 Å². The first-order chi connectivity index (χ1) is 15.9. The number of aromatic nitrogens is 1. The largest absolute Gasteiger partial charge is 0.507 e. The molecular formula is C28H40N2O2S2. The second-order valence-electron chi connectivity index (χ2n) is 11.3. The summed E-state index contributed by atoms with van der Waals surface area (Å²) in [6, 6.07) is 10.1. The summed E-state index contributed by atoms with van der Waals surface area (Å²) < 4.78 is 0. The van der Waals surface area contributed by atoms with E-state index < -0.39 is 0 Å². The summed E-state index contributed by atoms with van der Waals surface area (Å²) in [6.45, 7) is 13.4. The summed E-state index contributed by atoms with van der Waals surface area (Å²) in [5.41, 5.74) is 2.64. The summed E-state index contributed by atoms with van der Waals surface area (Å²) in [7, 11) is 0. The van der Waals surface area contributed by atoms with Crippen LogP contribution in [0.2, 0.25) is 0 Å². The molecule has 1 aromatic heterocycles. The van der Waals surface area contributed by atoms with Gasteiger partial charge in [-0.05, 0) is 47.9 Å². The van der Waals surface area contributed by atoms with Crippen LogP contribution >= 0.6 is 23.5 Å². The number of nitrogens with zero attached hydrogens (tertiary/aromatic N) is 1. The average Bonchev–Trinajstić information content (AvgIpc) is 2.77. The molecule has 2 aromatic rings. The maximum atomic E-state index is 12.5. The Bertz CT molecular complexity index is 930. The van der Waals surface area contributed by atoms with E-state index in [1.807, 2.05) is 30.0 Å². The molecule has 2 unspecified atom stereocenters. The number of rotatable bonds is 7. The molecule has 3 rings (SSSR count). The van der Waals surface area contributed by atoms with Gasteiger partial charge >= 0.3 is 0 Å². The Kier molecular flexibility index (Phi) is 9.02. The van der Waals surface area contributed by atoms with E-state index >= 15 is 0 Å². The van der Waals surface area contributed by atoms with Gasteiger partial charge in [-0.25, -0.2) is 0 Å². The number of pyridine rings is 1. The molecule has 4 nitrogen and oxygen atoms in total. The highest BCUT2D eigenvalue weighted by Crippen LogP contribution is 2.45. The van der Waals surface area contributed by atoms with E-state index in [9.17, 15) is 9.90 Å². The van der Waals surface area contributed by atoms with Crippen molar-refractivity contribution in [3.63, 3.8) is 0 Å². The normalized spacial score (nSPS) is 19.1. The van der Waals surface area contributed by atoms with Gasteiger partial charge in [-0.2, -0.15) is 0 Å². The smallest absolute Gasteiger partial charge is 0.230 e. The molecule has 1 fully saturated rings. The van der Waals surface area contributed by atoms with E-state index in [1.54, 1.807) is 18.0 Å². The van der Waals surface area contributed by atoms with Gasteiger partial charge in [0.05, 0.1) is 18.0 Å². The number of phenolic OH excluding ortho intramolecular Hbond substituents is 1. The number of carbonyl (C=O) groups excluding carboxylic acids is 1. The number of benzene rings is 1. The highest BCUT2D eigenvalue weighted by molar-refractivity contribution is 8.04. The predicted molar refractivity (Wildman–Crippen MR) is 146 cm³/mol. The number of hydrogen-bond donors (Lipinski definition) is 2. The van der Waals surface area contributed by atoms with Gasteiger partial charge in [-0.1, -0.05) is 60.5 Å². The molecular weight excluding hydrogens is 460 g/mol. The Morgan fingerprint density at radius 2 is 1.65 bits per heavy atom. The number of hydrogen-bond acceptors (Lipinski definition) is 5. The zero-order chi connectivity index (χ0) is 24.9. The fraction of sp³-hybridized carbons (Fsp3) is 0.571. The van der Waals surface area contributed by atoms with Crippen molar-refractivity contribution < 1.29 is 9.90 Å². The van der Waals surface area contributed by atoms with E-state index in [0.29, 0.717) is 28.5 Å². The molecule has 2 atom stereocenters. The van der Waals surface area contributed by atoms with E-state index in [-0.39, 0.29) is 16.7 Å². The molecule has 2 N–H and O–H groups in total. The van der Waals surface area contributed by atoms with Gasteiger partial charge in [0.1, 0.15) is 5.75 Å². The maximum absolute atomic E-state index is 12.5. The first kappa shape index (κ1) is 26.9. The number of carbonyl (C=O) groups is 1. The molecule has 0 saturated heterocycles. The molecule has 0 spiro atoms. The Labute approximate surface area is 214 Å².